The number of pyridine rings is 2. The number of rotatable bonds is 4. The van der Waals surface area contributed by atoms with Gasteiger partial charge in [0.05, 0.1) is 21.5 Å². The van der Waals surface area contributed by atoms with Gasteiger partial charge < -0.3 is 0 Å². The van der Waals surface area contributed by atoms with Crippen molar-refractivity contribution in [3.05, 3.63) is 106 Å². The fourth-order valence-electron chi connectivity index (χ4n) is 8.17. The van der Waals surface area contributed by atoms with Gasteiger partial charge in [-0.1, -0.05) is 24.3 Å². The van der Waals surface area contributed by atoms with Crippen molar-refractivity contribution in [2.75, 3.05) is 0 Å². The zero-order valence-corrected chi connectivity index (χ0v) is 27.7. The second kappa shape index (κ2) is 9.39. The molecular formula is C36H18N6O8S2+2. The van der Waals surface area contributed by atoms with Gasteiger partial charge in [-0.15, -0.1) is 9.13 Å². The standard InChI is InChI=1S/C36H18N6O8S2/c37-49-51(45,46)15-1-11-27-25(13-15)39-33-21-7-3-17-18-4-8-22-32-24(36(44)42-28-12-2-16(52(47,48)50-38)14-26(28)40-34(22)42)10-6-20(30(18)32)19-5-9-23(31(21)29(17)19)35(43)41(27)33/h1-14H,37-38H2/q+2. The number of nitrogens with two attached hydrogens (primary N) is 2. The van der Waals surface area contributed by atoms with Crippen LogP contribution in [0.15, 0.2) is 104 Å². The van der Waals surface area contributed by atoms with Gasteiger partial charge in [0.2, 0.25) is 11.0 Å². The molecule has 0 unspecified atom stereocenters. The van der Waals surface area contributed by atoms with E-state index in [2.05, 4.69) is 8.57 Å². The van der Waals surface area contributed by atoms with Crippen molar-refractivity contribution >= 4 is 107 Å². The highest BCUT2D eigenvalue weighted by molar-refractivity contribution is 7.87. The van der Waals surface area contributed by atoms with Gasteiger partial charge in [-0.2, -0.15) is 37.2 Å². The predicted molar refractivity (Wildman–Crippen MR) is 190 cm³/mol. The maximum atomic E-state index is 14.2. The molecule has 0 aromatic heterocycles. The maximum Gasteiger partial charge on any atom is 0.347 e. The Morgan fingerprint density at radius 1 is 0.462 bits per heavy atom. The van der Waals surface area contributed by atoms with E-state index in [0.29, 0.717) is 55.0 Å². The van der Waals surface area contributed by atoms with Crippen LogP contribution in [0.25, 0.3) is 98.3 Å². The van der Waals surface area contributed by atoms with Gasteiger partial charge in [0, 0.05) is 22.9 Å². The van der Waals surface area contributed by atoms with Crippen LogP contribution >= 0.6 is 0 Å². The quantitative estimate of drug-likeness (QED) is 0.116. The first-order valence-corrected chi connectivity index (χ1v) is 18.5. The Kier molecular flexibility index (Phi) is 5.34. The fourth-order valence-corrected chi connectivity index (χ4v) is 9.38. The third-order valence-corrected chi connectivity index (χ3v) is 12.5. The Bertz CT molecular complexity index is 3430. The van der Waals surface area contributed by atoms with Gasteiger partial charge >= 0.3 is 43.0 Å². The van der Waals surface area contributed by atoms with Gasteiger partial charge in [-0.25, -0.2) is 9.59 Å². The molecule has 0 aliphatic carbocycles. The van der Waals surface area contributed by atoms with Crippen LogP contribution in [0.4, 0.5) is 0 Å². The van der Waals surface area contributed by atoms with Crippen LogP contribution in [0.5, 0.6) is 0 Å². The normalized spacial score (nSPS) is 13.4. The summed E-state index contributed by atoms with van der Waals surface area (Å²) >= 11 is 0. The summed E-state index contributed by atoms with van der Waals surface area (Å²) in [4.78, 5) is 37.5. The number of fused-ring (bicyclic) bond motifs is 10. The van der Waals surface area contributed by atoms with Crippen molar-refractivity contribution in [1.82, 2.24) is 9.97 Å². The maximum absolute atomic E-state index is 14.2. The van der Waals surface area contributed by atoms with Crippen molar-refractivity contribution in [3.63, 3.8) is 0 Å². The monoisotopic (exact) mass is 726 g/mol. The van der Waals surface area contributed by atoms with Crippen molar-refractivity contribution < 1.29 is 34.5 Å². The molecule has 0 spiro atoms. The first-order valence-electron chi connectivity index (χ1n) is 15.6. The Morgan fingerprint density at radius 2 is 0.788 bits per heavy atom. The summed E-state index contributed by atoms with van der Waals surface area (Å²) < 4.78 is 60.6. The molecule has 0 saturated carbocycles. The van der Waals surface area contributed by atoms with Crippen LogP contribution in [0, 0.1) is 0 Å². The Labute approximate surface area is 289 Å². The van der Waals surface area contributed by atoms with E-state index in [4.69, 9.17) is 21.8 Å². The number of hydrogen-bond donors (Lipinski definition) is 2. The molecule has 250 valence electrons. The van der Waals surface area contributed by atoms with Crippen LogP contribution in [-0.2, 0) is 28.8 Å². The summed E-state index contributed by atoms with van der Waals surface area (Å²) in [6.45, 7) is 0. The van der Waals surface area contributed by atoms with Crippen molar-refractivity contribution in [1.29, 1.82) is 0 Å². The lowest BCUT2D eigenvalue weighted by atomic mass is 9.86. The minimum Gasteiger partial charge on any atom is -0.240 e. The van der Waals surface area contributed by atoms with Crippen LogP contribution in [0.3, 0.4) is 0 Å². The molecule has 7 aromatic carbocycles. The number of imidazole rings is 2. The minimum absolute atomic E-state index is 0.190. The molecule has 0 atom stereocenters. The molecule has 16 heteroatoms. The number of hydrogen-bond acceptors (Lipinski definition) is 12. The lowest BCUT2D eigenvalue weighted by Gasteiger charge is -2.17. The number of benzene rings is 7. The van der Waals surface area contributed by atoms with E-state index in [1.54, 1.807) is 12.1 Å². The number of nitrogens with zero attached hydrogens (tertiary/aromatic N) is 4. The summed E-state index contributed by atoms with van der Waals surface area (Å²) in [5, 5.41) is 8.89. The summed E-state index contributed by atoms with van der Waals surface area (Å²) in [5.41, 5.74) is 0.805. The highest BCUT2D eigenvalue weighted by atomic mass is 32.2. The molecule has 52 heavy (non-hydrogen) atoms. The average Bonchev–Trinajstić information content (AvgIpc) is 3.74. The summed E-state index contributed by atoms with van der Waals surface area (Å²) in [5.74, 6) is 10.7. The fraction of sp³-hybridized carbons (Fsp3) is 0. The lowest BCUT2D eigenvalue weighted by molar-refractivity contribution is -0.580. The molecule has 0 saturated heterocycles. The smallest absolute Gasteiger partial charge is 0.240 e. The predicted octanol–water partition coefficient (Wildman–Crippen LogP) is 2.76. The molecule has 0 bridgehead atoms. The molecule has 4 heterocycles. The topological polar surface area (TPSA) is 206 Å². The molecule has 4 N–H and O–H groups in total. The van der Waals surface area contributed by atoms with E-state index in [0.717, 1.165) is 32.3 Å². The molecule has 11 rings (SSSR count). The van der Waals surface area contributed by atoms with Crippen molar-refractivity contribution in [2.24, 2.45) is 11.8 Å². The van der Waals surface area contributed by atoms with E-state index >= 15 is 0 Å². The lowest BCUT2D eigenvalue weighted by Crippen LogP contribution is -2.47. The van der Waals surface area contributed by atoms with E-state index in [9.17, 15) is 26.4 Å². The first kappa shape index (κ1) is 29.6. The Morgan fingerprint density at radius 3 is 1.15 bits per heavy atom. The molecule has 7 aromatic rings. The van der Waals surface area contributed by atoms with Gasteiger partial charge in [0.15, 0.2) is 11.0 Å². The minimum atomic E-state index is -4.21. The Balaban J connectivity index is 1.26. The zero-order valence-electron chi connectivity index (χ0n) is 26.1. The zero-order chi connectivity index (χ0) is 35.6. The summed E-state index contributed by atoms with van der Waals surface area (Å²) in [6, 6.07) is 23.4. The van der Waals surface area contributed by atoms with Crippen molar-refractivity contribution in [2.45, 2.75) is 9.79 Å². The highest BCUT2D eigenvalue weighted by Gasteiger charge is 2.34. The van der Waals surface area contributed by atoms with Crippen LogP contribution in [-0.4, -0.2) is 26.8 Å². The van der Waals surface area contributed by atoms with Gasteiger partial charge in [-0.3, -0.25) is 0 Å². The van der Waals surface area contributed by atoms with E-state index < -0.39 is 20.2 Å². The van der Waals surface area contributed by atoms with Crippen LogP contribution < -0.4 is 32.0 Å². The van der Waals surface area contributed by atoms with E-state index in [1.165, 1.54) is 45.5 Å². The second-order valence-corrected chi connectivity index (χ2v) is 15.8. The molecule has 0 radical (unpaired) electrons. The van der Waals surface area contributed by atoms with Crippen molar-refractivity contribution in [3.8, 4) is 11.6 Å². The van der Waals surface area contributed by atoms with Crippen LogP contribution in [0.1, 0.15) is 0 Å². The van der Waals surface area contributed by atoms with Gasteiger partial charge in [-0.05, 0) is 90.8 Å². The third kappa shape index (κ3) is 3.40. The largest absolute Gasteiger partial charge is 0.347 e. The Hall–Kier alpha value is -6.14. The third-order valence-electron chi connectivity index (χ3n) is 10.3. The molecule has 0 fully saturated rings. The van der Waals surface area contributed by atoms with E-state index in [1.807, 2.05) is 36.4 Å². The molecule has 14 nitrogen and oxygen atoms in total. The summed E-state index contributed by atoms with van der Waals surface area (Å²) in [7, 11) is -8.41. The van der Waals surface area contributed by atoms with Gasteiger partial charge in [0.25, 0.3) is 0 Å². The van der Waals surface area contributed by atoms with E-state index in [-0.39, 0.29) is 31.9 Å². The van der Waals surface area contributed by atoms with Gasteiger partial charge in [0.1, 0.15) is 9.79 Å². The molecule has 4 aliphatic rings. The number of aromatic nitrogens is 4. The molecule has 0 amide bonds. The molecular weight excluding hydrogens is 709 g/mol. The SMILES string of the molecule is NOS(=O)(=O)c1ccc2c(c1)nc1c3ccc4c5ccc6c7nc8cc(S(=O)(=O)ON)ccc8[n+]-7c(=O)c7ccc(c8ccc(c(=O)[n+]2-1)c3c48)c5c67. The second-order valence-electron chi connectivity index (χ2n) is 12.7. The summed E-state index contributed by atoms with van der Waals surface area (Å²) in [6.07, 6.45) is 0. The first-order chi connectivity index (χ1) is 25.0. The molecule has 4 aliphatic heterocycles. The van der Waals surface area contributed by atoms with Crippen LogP contribution in [0.2, 0.25) is 0 Å². The average molecular weight is 727 g/mol. The highest BCUT2D eigenvalue weighted by Crippen LogP contribution is 2.45.